The molecule has 0 unspecified atom stereocenters. The van der Waals surface area contributed by atoms with Crippen LogP contribution >= 0.6 is 11.8 Å². The van der Waals surface area contributed by atoms with Gasteiger partial charge in [0.15, 0.2) is 0 Å². The van der Waals surface area contributed by atoms with Gasteiger partial charge in [0.1, 0.15) is 0 Å². The third-order valence-corrected chi connectivity index (χ3v) is 4.78. The minimum Gasteiger partial charge on any atom is -0.211 e. The molecule has 0 fully saturated rings. The van der Waals surface area contributed by atoms with Crippen LogP contribution in [-0.4, -0.2) is 6.08 Å². The van der Waals surface area contributed by atoms with Crippen molar-refractivity contribution in [2.75, 3.05) is 0 Å². The number of hydrogen-bond acceptors (Lipinski definition) is 3. The monoisotopic (exact) mass is 319 g/mol. The third-order valence-electron chi connectivity index (χ3n) is 3.71. The van der Waals surface area contributed by atoms with Crippen molar-refractivity contribution in [1.29, 1.82) is 0 Å². The van der Waals surface area contributed by atoms with Crippen LogP contribution < -0.4 is 0 Å². The lowest BCUT2D eigenvalue weighted by atomic mass is 10.1. The zero-order chi connectivity index (χ0) is 16.1. The molecule has 0 spiro atoms. The lowest BCUT2D eigenvalue weighted by molar-refractivity contribution is 0.565. The average molecular weight is 319 g/mol. The van der Waals surface area contributed by atoms with Crippen LogP contribution in [0.4, 0.5) is 5.69 Å². The molecule has 3 aromatic carbocycles. The molecule has 0 bridgehead atoms. The van der Waals surface area contributed by atoms with E-state index in [9.17, 15) is 4.79 Å². The normalized spacial score (nSPS) is 10.5. The van der Waals surface area contributed by atoms with Crippen molar-refractivity contribution in [2.24, 2.45) is 4.99 Å². The largest absolute Gasteiger partial charge is 0.240 e. The Morgan fingerprint density at radius 1 is 1.04 bits per heavy atom. The van der Waals surface area contributed by atoms with E-state index in [0.717, 1.165) is 29.0 Å². The average Bonchev–Trinajstić information content (AvgIpc) is 2.58. The summed E-state index contributed by atoms with van der Waals surface area (Å²) in [6, 6.07) is 20.8. The van der Waals surface area contributed by atoms with E-state index in [2.05, 4.69) is 60.4 Å². The van der Waals surface area contributed by atoms with E-state index in [1.54, 1.807) is 17.8 Å². The van der Waals surface area contributed by atoms with Gasteiger partial charge < -0.3 is 0 Å². The van der Waals surface area contributed by atoms with Gasteiger partial charge in [0.05, 0.1) is 5.69 Å². The van der Waals surface area contributed by atoms with E-state index in [1.165, 1.54) is 15.7 Å². The summed E-state index contributed by atoms with van der Waals surface area (Å²) in [6.45, 7) is 2.12. The summed E-state index contributed by atoms with van der Waals surface area (Å²) in [5.74, 6) is 0. The summed E-state index contributed by atoms with van der Waals surface area (Å²) in [5.41, 5.74) is 1.82. The number of aryl methyl sites for hydroxylation is 1. The molecule has 0 radical (unpaired) electrons. The van der Waals surface area contributed by atoms with Gasteiger partial charge in [-0.05, 0) is 47.0 Å². The molecule has 3 aromatic rings. The highest BCUT2D eigenvalue weighted by molar-refractivity contribution is 7.99. The number of nitrogens with zero attached hydrogens (tertiary/aromatic N) is 1. The first-order chi connectivity index (χ1) is 11.3. The van der Waals surface area contributed by atoms with Crippen LogP contribution in [0.1, 0.15) is 18.9 Å². The van der Waals surface area contributed by atoms with Crippen molar-refractivity contribution in [3.05, 3.63) is 66.2 Å². The molecule has 0 aliphatic rings. The molecule has 0 heterocycles. The lowest BCUT2D eigenvalue weighted by Gasteiger charge is -2.09. The minimum absolute atomic E-state index is 0.726. The summed E-state index contributed by atoms with van der Waals surface area (Å²) in [5, 5.41) is 2.50. The van der Waals surface area contributed by atoms with E-state index in [-0.39, 0.29) is 0 Å². The Bertz CT molecular complexity index is 876. The van der Waals surface area contributed by atoms with Crippen LogP contribution in [0.25, 0.3) is 10.8 Å². The molecule has 2 nitrogen and oxygen atoms in total. The Kier molecular flexibility index (Phi) is 4.92. The molecular formula is C20H17NOS. The van der Waals surface area contributed by atoms with Crippen molar-refractivity contribution in [1.82, 2.24) is 0 Å². The van der Waals surface area contributed by atoms with Crippen molar-refractivity contribution in [3.8, 4) is 0 Å². The molecule has 0 saturated carbocycles. The molecule has 0 saturated heterocycles. The Labute approximate surface area is 140 Å². The van der Waals surface area contributed by atoms with Crippen LogP contribution in [0.2, 0.25) is 0 Å². The third kappa shape index (κ3) is 3.53. The first kappa shape index (κ1) is 15.5. The van der Waals surface area contributed by atoms with Crippen molar-refractivity contribution in [3.63, 3.8) is 0 Å². The van der Waals surface area contributed by atoms with Gasteiger partial charge in [0.25, 0.3) is 0 Å². The summed E-state index contributed by atoms with van der Waals surface area (Å²) in [7, 11) is 0. The first-order valence-electron chi connectivity index (χ1n) is 7.68. The summed E-state index contributed by atoms with van der Waals surface area (Å²) in [4.78, 5) is 16.8. The van der Waals surface area contributed by atoms with Gasteiger partial charge in [0, 0.05) is 9.79 Å². The molecule has 0 aliphatic heterocycles. The quantitative estimate of drug-likeness (QED) is 0.432. The van der Waals surface area contributed by atoms with E-state index >= 15 is 0 Å². The lowest BCUT2D eigenvalue weighted by Crippen LogP contribution is -1.86. The van der Waals surface area contributed by atoms with Crippen molar-refractivity contribution in [2.45, 2.75) is 29.6 Å². The fourth-order valence-electron chi connectivity index (χ4n) is 2.66. The highest BCUT2D eigenvalue weighted by Gasteiger charge is 2.06. The van der Waals surface area contributed by atoms with Gasteiger partial charge in [-0.15, -0.1) is 0 Å². The predicted molar refractivity (Wildman–Crippen MR) is 96.3 cm³/mol. The second-order valence-electron chi connectivity index (χ2n) is 5.32. The predicted octanol–water partition coefficient (Wildman–Crippen LogP) is 5.91. The molecule has 3 heteroatoms. The van der Waals surface area contributed by atoms with E-state index < -0.39 is 0 Å². The Morgan fingerprint density at radius 2 is 1.87 bits per heavy atom. The number of carbonyl (C=O) groups excluding carboxylic acids is 1. The molecule has 0 N–H and O–H groups in total. The van der Waals surface area contributed by atoms with Gasteiger partial charge in [-0.25, -0.2) is 4.79 Å². The summed E-state index contributed by atoms with van der Waals surface area (Å²) < 4.78 is 0. The standard InChI is InChI=1S/C20H17NOS/c1-2-6-16-13-17(11-12-19(16)21-14-22)23-20-10-5-8-15-7-3-4-9-18(15)20/h3-5,7-13H,2,6H2,1H3. The number of benzene rings is 3. The minimum atomic E-state index is 0.726. The molecule has 3 rings (SSSR count). The summed E-state index contributed by atoms with van der Waals surface area (Å²) >= 11 is 1.74. The van der Waals surface area contributed by atoms with Gasteiger partial charge in [0.2, 0.25) is 6.08 Å². The zero-order valence-electron chi connectivity index (χ0n) is 13.0. The Morgan fingerprint density at radius 3 is 2.70 bits per heavy atom. The molecule has 0 amide bonds. The van der Waals surface area contributed by atoms with Gasteiger partial charge in [-0.3, -0.25) is 0 Å². The second kappa shape index (κ2) is 7.28. The number of hydrogen-bond donors (Lipinski definition) is 0. The van der Waals surface area contributed by atoms with Gasteiger partial charge >= 0.3 is 0 Å². The van der Waals surface area contributed by atoms with Crippen molar-refractivity contribution >= 4 is 34.3 Å². The number of fused-ring (bicyclic) bond motifs is 1. The summed E-state index contributed by atoms with van der Waals surface area (Å²) in [6.07, 6.45) is 3.57. The van der Waals surface area contributed by atoms with Crippen LogP contribution in [0.5, 0.6) is 0 Å². The van der Waals surface area contributed by atoms with Crippen molar-refractivity contribution < 1.29 is 4.79 Å². The zero-order valence-corrected chi connectivity index (χ0v) is 13.8. The van der Waals surface area contributed by atoms with E-state index in [0.29, 0.717) is 0 Å². The Hall–Kier alpha value is -2.35. The van der Waals surface area contributed by atoms with Crippen LogP contribution in [0.3, 0.4) is 0 Å². The number of rotatable bonds is 5. The Balaban J connectivity index is 1.98. The van der Waals surface area contributed by atoms with Crippen LogP contribution in [0, 0.1) is 0 Å². The maximum absolute atomic E-state index is 10.6. The molecule has 0 aromatic heterocycles. The van der Waals surface area contributed by atoms with E-state index in [4.69, 9.17) is 0 Å². The maximum Gasteiger partial charge on any atom is 0.240 e. The van der Waals surface area contributed by atoms with Crippen LogP contribution in [-0.2, 0) is 11.2 Å². The molecule has 114 valence electrons. The van der Waals surface area contributed by atoms with Gasteiger partial charge in [-0.2, -0.15) is 4.99 Å². The van der Waals surface area contributed by atoms with Crippen LogP contribution in [0.15, 0.2) is 75.4 Å². The maximum atomic E-state index is 10.6. The fourth-order valence-corrected chi connectivity index (χ4v) is 3.70. The first-order valence-corrected chi connectivity index (χ1v) is 8.50. The second-order valence-corrected chi connectivity index (χ2v) is 6.44. The topological polar surface area (TPSA) is 29.4 Å². The molecular weight excluding hydrogens is 302 g/mol. The molecule has 0 aliphatic carbocycles. The highest BCUT2D eigenvalue weighted by Crippen LogP contribution is 2.35. The SMILES string of the molecule is CCCc1cc(Sc2cccc3ccccc23)ccc1N=C=O. The van der Waals surface area contributed by atoms with E-state index in [1.807, 2.05) is 12.1 Å². The number of isocyanates is 1. The smallest absolute Gasteiger partial charge is 0.211 e. The fraction of sp³-hybridized carbons (Fsp3) is 0.150. The highest BCUT2D eigenvalue weighted by atomic mass is 32.2. The molecule has 0 atom stereocenters. The molecule has 23 heavy (non-hydrogen) atoms. The number of aliphatic imine (C=N–C) groups is 1. The van der Waals surface area contributed by atoms with Gasteiger partial charge in [-0.1, -0.05) is 61.5 Å².